The molecule has 7 heteroatoms. The van der Waals surface area contributed by atoms with E-state index in [-0.39, 0.29) is 11.2 Å². The number of thiophene rings is 1. The number of sulfone groups is 1. The van der Waals surface area contributed by atoms with Crippen LogP contribution in [0.15, 0.2) is 58.3 Å². The van der Waals surface area contributed by atoms with Crippen LogP contribution in [0.3, 0.4) is 0 Å². The molecule has 2 aliphatic heterocycles. The van der Waals surface area contributed by atoms with Gasteiger partial charge in [0.25, 0.3) is 0 Å². The van der Waals surface area contributed by atoms with Crippen LogP contribution < -0.4 is 4.74 Å². The molecule has 0 unspecified atom stereocenters. The number of hydrogen-bond acceptors (Lipinski definition) is 6. The average molecular weight is 413 g/mol. The quantitative estimate of drug-likeness (QED) is 0.656. The van der Waals surface area contributed by atoms with Gasteiger partial charge in [-0.3, -0.25) is 4.90 Å². The van der Waals surface area contributed by atoms with Crippen LogP contribution in [0.5, 0.6) is 5.88 Å². The van der Waals surface area contributed by atoms with Gasteiger partial charge in [0.15, 0.2) is 9.84 Å². The molecule has 1 aromatic carbocycles. The van der Waals surface area contributed by atoms with Crippen molar-refractivity contribution in [1.82, 2.24) is 9.88 Å². The van der Waals surface area contributed by atoms with Gasteiger partial charge in [0.1, 0.15) is 0 Å². The minimum atomic E-state index is -3.30. The number of hydrogen-bond donors (Lipinski definition) is 0. The molecular formula is C21H20N2O3S2. The van der Waals surface area contributed by atoms with Crippen LogP contribution in [0.4, 0.5) is 0 Å². The molecule has 5 rings (SSSR count). The molecular weight excluding hydrogens is 392 g/mol. The first kappa shape index (κ1) is 17.8. The minimum Gasteiger partial charge on any atom is -0.481 e. The van der Waals surface area contributed by atoms with Crippen LogP contribution in [0.25, 0.3) is 11.1 Å². The summed E-state index contributed by atoms with van der Waals surface area (Å²) in [6, 6.07) is 11.7. The summed E-state index contributed by atoms with van der Waals surface area (Å²) in [5, 5.41) is 3.77. The van der Waals surface area contributed by atoms with E-state index in [4.69, 9.17) is 4.74 Å². The first-order valence-corrected chi connectivity index (χ1v) is 11.7. The maximum atomic E-state index is 13.1. The summed E-state index contributed by atoms with van der Waals surface area (Å²) in [6.07, 6.45) is 1.70. The number of methoxy groups -OCH3 is 1. The Hall–Kier alpha value is -2.22. The van der Waals surface area contributed by atoms with Gasteiger partial charge < -0.3 is 4.74 Å². The average Bonchev–Trinajstić information content (AvgIpc) is 3.41. The van der Waals surface area contributed by atoms with E-state index in [2.05, 4.69) is 27.4 Å². The molecule has 1 fully saturated rings. The monoisotopic (exact) mass is 412 g/mol. The maximum absolute atomic E-state index is 13.1. The summed E-state index contributed by atoms with van der Waals surface area (Å²) in [5.74, 6) is 0.615. The third kappa shape index (κ3) is 2.77. The van der Waals surface area contributed by atoms with Crippen molar-refractivity contribution in [2.45, 2.75) is 22.6 Å². The van der Waals surface area contributed by atoms with Gasteiger partial charge in [-0.05, 0) is 51.7 Å². The highest BCUT2D eigenvalue weighted by atomic mass is 32.2. The van der Waals surface area contributed by atoms with Crippen LogP contribution in [0, 0.1) is 0 Å². The van der Waals surface area contributed by atoms with E-state index in [1.54, 1.807) is 30.7 Å². The lowest BCUT2D eigenvalue weighted by molar-refractivity contribution is 0.313. The van der Waals surface area contributed by atoms with Crippen molar-refractivity contribution in [2.24, 2.45) is 0 Å². The predicted molar refractivity (Wildman–Crippen MR) is 110 cm³/mol. The Morgan fingerprint density at radius 1 is 1.21 bits per heavy atom. The van der Waals surface area contributed by atoms with E-state index in [9.17, 15) is 8.42 Å². The highest BCUT2D eigenvalue weighted by molar-refractivity contribution is 7.92. The molecule has 0 spiro atoms. The van der Waals surface area contributed by atoms with Crippen LogP contribution in [0.2, 0.25) is 0 Å². The van der Waals surface area contributed by atoms with E-state index in [1.807, 2.05) is 23.6 Å². The molecule has 0 saturated carbocycles. The number of benzene rings is 1. The molecule has 0 radical (unpaired) electrons. The second-order valence-electron chi connectivity index (χ2n) is 7.32. The van der Waals surface area contributed by atoms with Gasteiger partial charge in [-0.1, -0.05) is 12.1 Å². The van der Waals surface area contributed by atoms with Crippen LogP contribution in [-0.4, -0.2) is 43.8 Å². The minimum absolute atomic E-state index is 0.0150. The zero-order chi connectivity index (χ0) is 19.3. The van der Waals surface area contributed by atoms with Gasteiger partial charge in [0.2, 0.25) is 5.88 Å². The number of rotatable bonds is 4. The maximum Gasteiger partial charge on any atom is 0.217 e. The second kappa shape index (κ2) is 6.69. The predicted octanol–water partition coefficient (Wildman–Crippen LogP) is 3.57. The Labute approximate surface area is 168 Å². The normalized spacial score (nSPS) is 22.8. The summed E-state index contributed by atoms with van der Waals surface area (Å²) in [6.45, 7) is 1.90. The topological polar surface area (TPSA) is 59.5 Å². The Morgan fingerprint density at radius 3 is 2.89 bits per heavy atom. The number of aromatic nitrogens is 1. The molecule has 5 nitrogen and oxygen atoms in total. The first-order chi connectivity index (χ1) is 13.6. The summed E-state index contributed by atoms with van der Waals surface area (Å²) < 4.78 is 31.6. The molecule has 0 bridgehead atoms. The third-order valence-corrected chi connectivity index (χ3v) is 8.69. The van der Waals surface area contributed by atoms with Crippen LogP contribution in [-0.2, 0) is 16.4 Å². The zero-order valence-corrected chi connectivity index (χ0v) is 17.0. The first-order valence-electron chi connectivity index (χ1n) is 9.18. The van der Waals surface area contributed by atoms with Crippen molar-refractivity contribution in [2.75, 3.05) is 20.2 Å². The molecule has 28 heavy (non-hydrogen) atoms. The number of fused-ring (bicyclic) bond motifs is 3. The van der Waals surface area contributed by atoms with Gasteiger partial charge in [-0.25, -0.2) is 13.4 Å². The fourth-order valence-electron chi connectivity index (χ4n) is 4.43. The summed E-state index contributed by atoms with van der Waals surface area (Å²) in [5.41, 5.74) is 4.18. The van der Waals surface area contributed by atoms with Gasteiger partial charge in [0.05, 0.1) is 17.3 Å². The summed E-state index contributed by atoms with van der Waals surface area (Å²) in [4.78, 5) is 6.96. The fraction of sp³-hybridized carbons (Fsp3) is 0.286. The van der Waals surface area contributed by atoms with Gasteiger partial charge in [-0.15, -0.1) is 0 Å². The smallest absolute Gasteiger partial charge is 0.217 e. The van der Waals surface area contributed by atoms with Crippen LogP contribution in [0.1, 0.15) is 17.0 Å². The van der Waals surface area contributed by atoms with Gasteiger partial charge >= 0.3 is 0 Å². The summed E-state index contributed by atoms with van der Waals surface area (Å²) >= 11 is 1.65. The highest BCUT2D eigenvalue weighted by Gasteiger charge is 2.50. The van der Waals surface area contributed by atoms with Crippen molar-refractivity contribution in [3.05, 3.63) is 64.5 Å². The second-order valence-corrected chi connectivity index (χ2v) is 10.2. The lowest BCUT2D eigenvalue weighted by Gasteiger charge is -2.18. The molecule has 144 valence electrons. The molecule has 2 aromatic heterocycles. The van der Waals surface area contributed by atoms with E-state index < -0.39 is 9.84 Å². The number of nitrogens with zero attached hydrogens (tertiary/aromatic N) is 2. The van der Waals surface area contributed by atoms with E-state index >= 15 is 0 Å². The van der Waals surface area contributed by atoms with Crippen molar-refractivity contribution >= 4 is 21.2 Å². The highest BCUT2D eigenvalue weighted by Crippen LogP contribution is 2.46. The number of pyridine rings is 1. The molecule has 3 aromatic rings. The molecule has 0 aliphatic carbocycles. The van der Waals surface area contributed by atoms with Crippen molar-refractivity contribution in [1.29, 1.82) is 0 Å². The van der Waals surface area contributed by atoms with Crippen LogP contribution >= 0.6 is 11.3 Å². The molecule has 4 heterocycles. The van der Waals surface area contributed by atoms with Gasteiger partial charge in [0, 0.05) is 37.3 Å². The largest absolute Gasteiger partial charge is 0.481 e. The SMILES string of the molecule is COc1ncccc1CN1C[C@H]2c3cc(-c4ccsc4)ccc3S(=O)(=O)[C@H]2C1. The lowest BCUT2D eigenvalue weighted by Crippen LogP contribution is -2.26. The molecule has 0 N–H and O–H groups in total. The molecule has 2 aliphatic rings. The van der Waals surface area contributed by atoms with E-state index in [0.717, 1.165) is 28.8 Å². The number of likely N-dealkylation sites (tertiary alicyclic amines) is 1. The van der Waals surface area contributed by atoms with Crippen molar-refractivity contribution in [3.63, 3.8) is 0 Å². The fourth-order valence-corrected chi connectivity index (χ4v) is 7.29. The Kier molecular flexibility index (Phi) is 4.26. The standard InChI is InChI=1S/C21H20N2O3S2/c1-26-21-15(3-2-7-22-21)10-23-11-18-17-9-14(16-6-8-27-13-16)4-5-19(17)28(24,25)20(18)12-23/h2-9,13,18,20H,10-12H2,1H3/t18-,20-/m0/s1. The Balaban J connectivity index is 1.47. The van der Waals surface area contributed by atoms with Crippen molar-refractivity contribution < 1.29 is 13.2 Å². The Bertz CT molecular complexity index is 1130. The van der Waals surface area contributed by atoms with E-state index in [1.165, 1.54) is 0 Å². The molecule has 0 amide bonds. The number of ether oxygens (including phenoxy) is 1. The zero-order valence-electron chi connectivity index (χ0n) is 15.4. The van der Waals surface area contributed by atoms with Gasteiger partial charge in [-0.2, -0.15) is 11.3 Å². The van der Waals surface area contributed by atoms with Crippen molar-refractivity contribution in [3.8, 4) is 17.0 Å². The molecule has 1 saturated heterocycles. The Morgan fingerprint density at radius 2 is 2.11 bits per heavy atom. The summed E-state index contributed by atoms with van der Waals surface area (Å²) in [7, 11) is -1.69. The third-order valence-electron chi connectivity index (χ3n) is 5.75. The molecule has 2 atom stereocenters. The lowest BCUT2D eigenvalue weighted by atomic mass is 9.95. The van der Waals surface area contributed by atoms with E-state index in [0.29, 0.717) is 23.9 Å².